The van der Waals surface area contributed by atoms with Gasteiger partial charge in [0.05, 0.1) is 11.0 Å². The molecule has 88 valence electrons. The highest BCUT2D eigenvalue weighted by molar-refractivity contribution is 5.51. The van der Waals surface area contributed by atoms with Crippen molar-refractivity contribution in [3.05, 3.63) is 16.3 Å². The first-order chi connectivity index (χ1) is 7.59. The van der Waals surface area contributed by atoms with Crippen LogP contribution in [-0.2, 0) is 0 Å². The summed E-state index contributed by atoms with van der Waals surface area (Å²) >= 11 is 0. The SMILES string of the molecule is CN1CCCC(n2ncc([N+](=O)[O-])c2N)C1. The lowest BCUT2D eigenvalue weighted by molar-refractivity contribution is -0.384. The van der Waals surface area contributed by atoms with Crippen molar-refractivity contribution in [2.75, 3.05) is 25.9 Å². The number of rotatable bonds is 2. The molecule has 1 atom stereocenters. The van der Waals surface area contributed by atoms with Gasteiger partial charge in [-0.2, -0.15) is 5.10 Å². The van der Waals surface area contributed by atoms with Crippen LogP contribution >= 0.6 is 0 Å². The average Bonchev–Trinajstić information content (AvgIpc) is 2.60. The van der Waals surface area contributed by atoms with Gasteiger partial charge in [-0.3, -0.25) is 10.1 Å². The Balaban J connectivity index is 2.23. The van der Waals surface area contributed by atoms with Crippen LogP contribution in [0, 0.1) is 10.1 Å². The first-order valence-electron chi connectivity index (χ1n) is 5.25. The van der Waals surface area contributed by atoms with Gasteiger partial charge in [0.1, 0.15) is 6.20 Å². The number of aromatic nitrogens is 2. The fourth-order valence-electron chi connectivity index (χ4n) is 2.13. The zero-order chi connectivity index (χ0) is 11.7. The average molecular weight is 225 g/mol. The highest BCUT2D eigenvalue weighted by Crippen LogP contribution is 2.27. The van der Waals surface area contributed by atoms with Gasteiger partial charge in [0.15, 0.2) is 0 Å². The Hall–Kier alpha value is -1.63. The molecule has 0 radical (unpaired) electrons. The molecule has 0 amide bonds. The Morgan fingerprint density at radius 3 is 3.00 bits per heavy atom. The van der Waals surface area contributed by atoms with Crippen LogP contribution in [0.2, 0.25) is 0 Å². The minimum atomic E-state index is -0.495. The Labute approximate surface area is 93.0 Å². The first kappa shape index (κ1) is 10.9. The molecular formula is C9H15N5O2. The van der Waals surface area contributed by atoms with Gasteiger partial charge in [0, 0.05) is 6.54 Å². The zero-order valence-electron chi connectivity index (χ0n) is 9.17. The summed E-state index contributed by atoms with van der Waals surface area (Å²) in [6, 6.07) is 0.146. The molecule has 1 aliphatic heterocycles. The monoisotopic (exact) mass is 225 g/mol. The highest BCUT2D eigenvalue weighted by atomic mass is 16.6. The Morgan fingerprint density at radius 1 is 1.69 bits per heavy atom. The molecule has 2 heterocycles. The lowest BCUT2D eigenvalue weighted by Gasteiger charge is -2.29. The molecule has 1 aliphatic rings. The van der Waals surface area contributed by atoms with Crippen LogP contribution in [0.4, 0.5) is 11.5 Å². The number of likely N-dealkylation sites (N-methyl/N-ethyl adjacent to an activating group) is 1. The second-order valence-electron chi connectivity index (χ2n) is 4.18. The van der Waals surface area contributed by atoms with Crippen LogP contribution in [0.3, 0.4) is 0 Å². The van der Waals surface area contributed by atoms with E-state index in [0.29, 0.717) is 0 Å². The summed E-state index contributed by atoms with van der Waals surface area (Å²) in [7, 11) is 2.03. The molecule has 0 saturated carbocycles. The molecule has 0 bridgehead atoms. The minimum Gasteiger partial charge on any atom is -0.378 e. The van der Waals surface area contributed by atoms with Gasteiger partial charge in [-0.15, -0.1) is 0 Å². The molecule has 2 N–H and O–H groups in total. The molecular weight excluding hydrogens is 210 g/mol. The molecule has 0 spiro atoms. The van der Waals surface area contributed by atoms with E-state index >= 15 is 0 Å². The van der Waals surface area contributed by atoms with Crippen LogP contribution in [0.5, 0.6) is 0 Å². The van der Waals surface area contributed by atoms with Gasteiger partial charge in [-0.25, -0.2) is 4.68 Å². The van der Waals surface area contributed by atoms with Crippen molar-refractivity contribution in [3.63, 3.8) is 0 Å². The third-order valence-corrected chi connectivity index (χ3v) is 2.96. The molecule has 0 aromatic carbocycles. The van der Waals surface area contributed by atoms with Crippen molar-refractivity contribution in [1.82, 2.24) is 14.7 Å². The first-order valence-corrected chi connectivity index (χ1v) is 5.25. The van der Waals surface area contributed by atoms with E-state index in [1.54, 1.807) is 4.68 Å². The molecule has 7 heteroatoms. The Bertz CT molecular complexity index is 403. The van der Waals surface area contributed by atoms with Crippen LogP contribution in [0.25, 0.3) is 0 Å². The predicted molar refractivity (Wildman–Crippen MR) is 59.1 cm³/mol. The number of nitrogens with two attached hydrogens (primary N) is 1. The number of nitrogen functional groups attached to an aromatic ring is 1. The summed E-state index contributed by atoms with van der Waals surface area (Å²) in [6.45, 7) is 1.89. The molecule has 1 saturated heterocycles. The number of hydrogen-bond acceptors (Lipinski definition) is 5. The van der Waals surface area contributed by atoms with Crippen LogP contribution < -0.4 is 5.73 Å². The predicted octanol–water partition coefficient (Wildman–Crippen LogP) is 0.640. The molecule has 0 aliphatic carbocycles. The summed E-state index contributed by atoms with van der Waals surface area (Å²) in [5, 5.41) is 14.7. The van der Waals surface area contributed by atoms with Gasteiger partial charge in [0.25, 0.3) is 0 Å². The zero-order valence-corrected chi connectivity index (χ0v) is 9.17. The van der Waals surface area contributed by atoms with Crippen LogP contribution in [-0.4, -0.2) is 39.7 Å². The third kappa shape index (κ3) is 1.85. The number of anilines is 1. The summed E-state index contributed by atoms with van der Waals surface area (Å²) in [5.41, 5.74) is 5.62. The van der Waals surface area contributed by atoms with Crippen molar-refractivity contribution in [3.8, 4) is 0 Å². The van der Waals surface area contributed by atoms with Crippen LogP contribution in [0.1, 0.15) is 18.9 Å². The maximum Gasteiger partial charge on any atom is 0.330 e. The van der Waals surface area contributed by atoms with Crippen molar-refractivity contribution < 1.29 is 4.92 Å². The Kier molecular flexibility index (Phi) is 2.78. The summed E-state index contributed by atoms with van der Waals surface area (Å²) in [6.07, 6.45) is 3.26. The molecule has 2 rings (SSSR count). The summed E-state index contributed by atoms with van der Waals surface area (Å²) < 4.78 is 1.58. The van der Waals surface area contributed by atoms with Crippen molar-refractivity contribution in [2.24, 2.45) is 0 Å². The topological polar surface area (TPSA) is 90.2 Å². The van der Waals surface area contributed by atoms with Crippen molar-refractivity contribution >= 4 is 11.5 Å². The molecule has 1 aromatic heterocycles. The van der Waals surface area contributed by atoms with E-state index in [-0.39, 0.29) is 17.5 Å². The van der Waals surface area contributed by atoms with Crippen molar-refractivity contribution in [2.45, 2.75) is 18.9 Å². The number of likely N-dealkylation sites (tertiary alicyclic amines) is 1. The third-order valence-electron chi connectivity index (χ3n) is 2.96. The van der Waals surface area contributed by atoms with Gasteiger partial charge in [-0.1, -0.05) is 0 Å². The second-order valence-corrected chi connectivity index (χ2v) is 4.18. The van der Waals surface area contributed by atoms with Crippen LogP contribution in [0.15, 0.2) is 6.20 Å². The lowest BCUT2D eigenvalue weighted by atomic mass is 10.1. The minimum absolute atomic E-state index is 0.103. The smallest absolute Gasteiger partial charge is 0.330 e. The molecule has 1 fully saturated rings. The quantitative estimate of drug-likeness (QED) is 0.589. The standard InChI is InChI=1S/C9H15N5O2/c1-12-4-2-3-7(6-12)13-9(10)8(5-11-13)14(15)16/h5,7H,2-4,6,10H2,1H3. The van der Waals surface area contributed by atoms with Gasteiger partial charge in [0.2, 0.25) is 5.82 Å². The number of nitrogens with zero attached hydrogens (tertiary/aromatic N) is 4. The van der Waals surface area contributed by atoms with Gasteiger partial charge >= 0.3 is 5.69 Å². The number of hydrogen-bond donors (Lipinski definition) is 1. The second kappa shape index (κ2) is 4.09. The number of nitro groups is 1. The largest absolute Gasteiger partial charge is 0.378 e. The summed E-state index contributed by atoms with van der Waals surface area (Å²) in [4.78, 5) is 12.3. The Morgan fingerprint density at radius 2 is 2.44 bits per heavy atom. The van der Waals surface area contributed by atoms with E-state index in [2.05, 4.69) is 10.00 Å². The maximum absolute atomic E-state index is 10.6. The fraction of sp³-hybridized carbons (Fsp3) is 0.667. The van der Waals surface area contributed by atoms with Gasteiger partial charge in [-0.05, 0) is 26.4 Å². The van der Waals surface area contributed by atoms with E-state index in [0.717, 1.165) is 25.9 Å². The van der Waals surface area contributed by atoms with Gasteiger partial charge < -0.3 is 10.6 Å². The maximum atomic E-state index is 10.6. The molecule has 1 aromatic rings. The highest BCUT2D eigenvalue weighted by Gasteiger charge is 2.25. The fourth-order valence-corrected chi connectivity index (χ4v) is 2.13. The van der Waals surface area contributed by atoms with Crippen molar-refractivity contribution in [1.29, 1.82) is 0 Å². The molecule has 16 heavy (non-hydrogen) atoms. The van der Waals surface area contributed by atoms with E-state index in [4.69, 9.17) is 5.73 Å². The van der Waals surface area contributed by atoms with E-state index in [1.807, 2.05) is 7.05 Å². The lowest BCUT2D eigenvalue weighted by Crippen LogP contribution is -2.34. The van der Waals surface area contributed by atoms with E-state index in [9.17, 15) is 10.1 Å². The summed E-state index contributed by atoms with van der Waals surface area (Å²) in [5.74, 6) is 0.158. The molecule has 7 nitrogen and oxygen atoms in total. The normalized spacial score (nSPS) is 22.2. The molecule has 1 unspecified atom stereocenters. The van der Waals surface area contributed by atoms with E-state index in [1.165, 1.54) is 6.20 Å². The van der Waals surface area contributed by atoms with E-state index < -0.39 is 4.92 Å². The number of piperidine rings is 1.